The fourth-order valence-corrected chi connectivity index (χ4v) is 2.89. The number of nitrogens with two attached hydrogens (primary N) is 1. The second-order valence-electron chi connectivity index (χ2n) is 6.02. The van der Waals surface area contributed by atoms with Gasteiger partial charge in [0.25, 0.3) is 11.8 Å². The molecule has 0 bridgehead atoms. The van der Waals surface area contributed by atoms with Crippen LogP contribution in [0, 0.1) is 5.92 Å². The summed E-state index contributed by atoms with van der Waals surface area (Å²) in [4.78, 5) is 33.8. The molecule has 0 radical (unpaired) electrons. The lowest BCUT2D eigenvalue weighted by molar-refractivity contribution is 0.0737. The molecule has 7 heteroatoms. The Hall–Kier alpha value is -2.80. The Morgan fingerprint density at radius 3 is 2.80 bits per heavy atom. The average molecular weight is 340 g/mol. The molecule has 2 N–H and O–H groups in total. The van der Waals surface area contributed by atoms with Crippen LogP contribution in [0.4, 0.5) is 0 Å². The molecular weight excluding hydrogens is 320 g/mol. The molecule has 3 rings (SSSR count). The molecule has 1 aliphatic heterocycles. The maximum absolute atomic E-state index is 12.7. The van der Waals surface area contributed by atoms with E-state index >= 15 is 0 Å². The summed E-state index contributed by atoms with van der Waals surface area (Å²) in [6.45, 7) is 2.17. The molecular formula is C18H20N4O3. The van der Waals surface area contributed by atoms with Gasteiger partial charge >= 0.3 is 0 Å². The Morgan fingerprint density at radius 1 is 1.24 bits per heavy atom. The highest BCUT2D eigenvalue weighted by Crippen LogP contribution is 2.15. The standard InChI is InChI=1S/C18H20N4O3/c19-17(23)16-9-15(20-12-21-16)8-13-10-22(6-7-25-11-13)18(24)14-4-2-1-3-5-14/h1-5,9,12-13H,6-8,10-11H2,(H2,19,23)/t13-/m1/s1. The SMILES string of the molecule is NC(=O)c1cc(C[C@H]2COCCN(C(=O)c3ccccc3)C2)ncn1. The average Bonchev–Trinajstić information content (AvgIpc) is 2.87. The van der Waals surface area contributed by atoms with Crippen LogP contribution in [0.15, 0.2) is 42.7 Å². The Bertz CT molecular complexity index is 751. The van der Waals surface area contributed by atoms with Crippen LogP contribution in [0.3, 0.4) is 0 Å². The van der Waals surface area contributed by atoms with Crippen LogP contribution < -0.4 is 5.73 Å². The number of rotatable bonds is 4. The van der Waals surface area contributed by atoms with Gasteiger partial charge in [-0.25, -0.2) is 9.97 Å². The van der Waals surface area contributed by atoms with Gasteiger partial charge in [-0.2, -0.15) is 0 Å². The largest absolute Gasteiger partial charge is 0.379 e. The van der Waals surface area contributed by atoms with Crippen LogP contribution in [-0.4, -0.2) is 53.0 Å². The van der Waals surface area contributed by atoms with Crippen molar-refractivity contribution in [1.82, 2.24) is 14.9 Å². The topological polar surface area (TPSA) is 98.4 Å². The first-order valence-corrected chi connectivity index (χ1v) is 8.16. The van der Waals surface area contributed by atoms with Crippen LogP contribution in [0.5, 0.6) is 0 Å². The minimum Gasteiger partial charge on any atom is -0.379 e. The molecule has 1 aromatic carbocycles. The van der Waals surface area contributed by atoms with Crippen LogP contribution in [0.25, 0.3) is 0 Å². The molecule has 2 aromatic rings. The molecule has 0 spiro atoms. The predicted octanol–water partition coefficient (Wildman–Crippen LogP) is 0.907. The lowest BCUT2D eigenvalue weighted by Gasteiger charge is -2.23. The first-order chi connectivity index (χ1) is 12.1. The summed E-state index contributed by atoms with van der Waals surface area (Å²) in [6.07, 6.45) is 1.92. The summed E-state index contributed by atoms with van der Waals surface area (Å²) in [5, 5.41) is 0. The number of nitrogens with zero attached hydrogens (tertiary/aromatic N) is 3. The zero-order chi connectivity index (χ0) is 17.6. The third-order valence-corrected chi connectivity index (χ3v) is 4.12. The number of ether oxygens (including phenoxy) is 1. The molecule has 25 heavy (non-hydrogen) atoms. The fourth-order valence-electron chi connectivity index (χ4n) is 2.89. The van der Waals surface area contributed by atoms with Gasteiger partial charge in [0.1, 0.15) is 12.0 Å². The lowest BCUT2D eigenvalue weighted by atomic mass is 10.0. The van der Waals surface area contributed by atoms with Crippen molar-refractivity contribution >= 4 is 11.8 Å². The van der Waals surface area contributed by atoms with E-state index in [4.69, 9.17) is 10.5 Å². The summed E-state index contributed by atoms with van der Waals surface area (Å²) in [6, 6.07) is 10.8. The molecule has 2 heterocycles. The Balaban J connectivity index is 1.71. The number of hydrogen-bond acceptors (Lipinski definition) is 5. The summed E-state index contributed by atoms with van der Waals surface area (Å²) in [5.74, 6) is -0.496. The van der Waals surface area contributed by atoms with Crippen LogP contribution in [0.1, 0.15) is 26.5 Å². The summed E-state index contributed by atoms with van der Waals surface area (Å²) >= 11 is 0. The van der Waals surface area contributed by atoms with Gasteiger partial charge in [0.2, 0.25) is 0 Å². The van der Waals surface area contributed by atoms with Crippen molar-refractivity contribution < 1.29 is 14.3 Å². The molecule has 1 aromatic heterocycles. The summed E-state index contributed by atoms with van der Waals surface area (Å²) in [5.41, 5.74) is 6.83. The highest BCUT2D eigenvalue weighted by atomic mass is 16.5. The van der Waals surface area contributed by atoms with Crippen molar-refractivity contribution in [3.63, 3.8) is 0 Å². The molecule has 130 valence electrons. The molecule has 0 unspecified atom stereocenters. The number of aromatic nitrogens is 2. The highest BCUT2D eigenvalue weighted by Gasteiger charge is 2.24. The fraction of sp³-hybridized carbons (Fsp3) is 0.333. The predicted molar refractivity (Wildman–Crippen MR) is 90.9 cm³/mol. The van der Waals surface area contributed by atoms with Gasteiger partial charge in [-0.3, -0.25) is 9.59 Å². The third-order valence-electron chi connectivity index (χ3n) is 4.12. The van der Waals surface area contributed by atoms with Gasteiger partial charge in [0.05, 0.1) is 13.2 Å². The number of primary amides is 1. The van der Waals surface area contributed by atoms with Crippen molar-refractivity contribution in [2.75, 3.05) is 26.3 Å². The van der Waals surface area contributed by atoms with E-state index in [9.17, 15) is 9.59 Å². The molecule has 0 aliphatic carbocycles. The van der Waals surface area contributed by atoms with E-state index < -0.39 is 5.91 Å². The van der Waals surface area contributed by atoms with Crippen molar-refractivity contribution in [2.24, 2.45) is 11.7 Å². The van der Waals surface area contributed by atoms with Gasteiger partial charge in [-0.1, -0.05) is 18.2 Å². The van der Waals surface area contributed by atoms with Crippen molar-refractivity contribution in [3.05, 3.63) is 59.7 Å². The number of carbonyl (C=O) groups excluding carboxylic acids is 2. The smallest absolute Gasteiger partial charge is 0.267 e. The van der Waals surface area contributed by atoms with Gasteiger partial charge in [0.15, 0.2) is 0 Å². The minimum absolute atomic E-state index is 0.00314. The Kier molecular flexibility index (Phi) is 5.35. The zero-order valence-corrected chi connectivity index (χ0v) is 13.8. The van der Waals surface area contributed by atoms with Crippen LogP contribution >= 0.6 is 0 Å². The molecule has 2 amide bonds. The second-order valence-corrected chi connectivity index (χ2v) is 6.02. The van der Waals surface area contributed by atoms with Crippen LogP contribution in [-0.2, 0) is 11.2 Å². The molecule has 1 fully saturated rings. The maximum atomic E-state index is 12.7. The molecule has 7 nitrogen and oxygen atoms in total. The minimum atomic E-state index is -0.582. The number of hydrogen-bond donors (Lipinski definition) is 1. The zero-order valence-electron chi connectivity index (χ0n) is 13.8. The van der Waals surface area contributed by atoms with E-state index in [1.807, 2.05) is 35.2 Å². The Morgan fingerprint density at radius 2 is 2.04 bits per heavy atom. The van der Waals surface area contributed by atoms with Gasteiger partial charge < -0.3 is 15.4 Å². The van der Waals surface area contributed by atoms with E-state index in [-0.39, 0.29) is 17.5 Å². The first-order valence-electron chi connectivity index (χ1n) is 8.16. The van der Waals surface area contributed by atoms with E-state index in [1.165, 1.54) is 6.33 Å². The molecule has 0 saturated carbocycles. The van der Waals surface area contributed by atoms with Crippen molar-refractivity contribution in [1.29, 1.82) is 0 Å². The number of amides is 2. The second kappa shape index (κ2) is 7.85. The maximum Gasteiger partial charge on any atom is 0.267 e. The monoisotopic (exact) mass is 340 g/mol. The van der Waals surface area contributed by atoms with E-state index in [0.717, 1.165) is 0 Å². The van der Waals surface area contributed by atoms with Gasteiger partial charge in [-0.05, 0) is 24.6 Å². The normalized spacial score (nSPS) is 17.8. The van der Waals surface area contributed by atoms with Gasteiger partial charge in [-0.15, -0.1) is 0 Å². The highest BCUT2D eigenvalue weighted by molar-refractivity contribution is 5.94. The van der Waals surface area contributed by atoms with Crippen molar-refractivity contribution in [3.8, 4) is 0 Å². The summed E-state index contributed by atoms with van der Waals surface area (Å²) in [7, 11) is 0. The molecule has 1 atom stereocenters. The van der Waals surface area contributed by atoms with Gasteiger partial charge in [0, 0.05) is 30.3 Å². The number of benzene rings is 1. The van der Waals surface area contributed by atoms with E-state index in [2.05, 4.69) is 9.97 Å². The van der Waals surface area contributed by atoms with E-state index in [1.54, 1.807) is 6.07 Å². The molecule has 1 saturated heterocycles. The van der Waals surface area contributed by atoms with Crippen LogP contribution in [0.2, 0.25) is 0 Å². The third kappa shape index (κ3) is 4.39. The lowest BCUT2D eigenvalue weighted by Crippen LogP contribution is -2.36. The first kappa shape index (κ1) is 17.0. The molecule has 1 aliphatic rings. The quantitative estimate of drug-likeness (QED) is 0.892. The van der Waals surface area contributed by atoms with E-state index in [0.29, 0.717) is 44.0 Å². The Labute approximate surface area is 145 Å². The van der Waals surface area contributed by atoms with Crippen molar-refractivity contribution in [2.45, 2.75) is 6.42 Å². The number of carbonyl (C=O) groups is 2. The summed E-state index contributed by atoms with van der Waals surface area (Å²) < 4.78 is 5.64.